The fraction of sp³-hybridized carbons (Fsp3) is 0.385. The molecule has 0 radical (unpaired) electrons. The highest BCUT2D eigenvalue weighted by Crippen LogP contribution is 2.31. The summed E-state index contributed by atoms with van der Waals surface area (Å²) in [6.45, 7) is 0. The molecule has 15 heavy (non-hydrogen) atoms. The molecule has 2 unspecified atom stereocenters. The summed E-state index contributed by atoms with van der Waals surface area (Å²) in [7, 11) is 0. The van der Waals surface area contributed by atoms with E-state index in [9.17, 15) is 5.11 Å². The predicted octanol–water partition coefficient (Wildman–Crippen LogP) is 1.81. The smallest absolute Gasteiger partial charge is 0.0937 e. The molecule has 1 heterocycles. The van der Waals surface area contributed by atoms with Gasteiger partial charge in [0.15, 0.2) is 0 Å². The van der Waals surface area contributed by atoms with Crippen molar-refractivity contribution in [2.24, 2.45) is 0 Å². The Morgan fingerprint density at radius 1 is 1.33 bits per heavy atom. The molecule has 0 aromatic carbocycles. The standard InChI is InChI=1S/C13H15NO/c15-12-7-3-5-10-8-9-4-1-2-6-11(9)14-13(10)12/h1-2,4,6,8,11-12,14-15H,3,5,7H2. The number of rotatable bonds is 0. The van der Waals surface area contributed by atoms with Gasteiger partial charge in [-0.15, -0.1) is 0 Å². The minimum Gasteiger partial charge on any atom is -0.387 e. The lowest BCUT2D eigenvalue weighted by molar-refractivity contribution is 0.179. The Morgan fingerprint density at radius 3 is 3.20 bits per heavy atom. The van der Waals surface area contributed by atoms with Crippen LogP contribution in [0.3, 0.4) is 0 Å². The summed E-state index contributed by atoms with van der Waals surface area (Å²) in [6, 6.07) is 0.265. The molecule has 3 rings (SSSR count). The zero-order valence-corrected chi connectivity index (χ0v) is 8.61. The van der Waals surface area contributed by atoms with Crippen LogP contribution in [0.4, 0.5) is 0 Å². The van der Waals surface area contributed by atoms with Gasteiger partial charge in [0.25, 0.3) is 0 Å². The molecule has 0 saturated carbocycles. The van der Waals surface area contributed by atoms with Gasteiger partial charge in [-0.3, -0.25) is 0 Å². The third kappa shape index (κ3) is 1.45. The molecule has 0 bridgehead atoms. The first-order chi connectivity index (χ1) is 7.34. The molecular formula is C13H15NO. The number of nitrogens with one attached hydrogen (secondary N) is 1. The first-order valence-corrected chi connectivity index (χ1v) is 5.59. The van der Waals surface area contributed by atoms with Gasteiger partial charge >= 0.3 is 0 Å². The maximum absolute atomic E-state index is 9.90. The summed E-state index contributed by atoms with van der Waals surface area (Å²) in [4.78, 5) is 0. The highest BCUT2D eigenvalue weighted by atomic mass is 16.3. The van der Waals surface area contributed by atoms with Gasteiger partial charge in [-0.25, -0.2) is 0 Å². The van der Waals surface area contributed by atoms with Gasteiger partial charge in [-0.1, -0.05) is 30.4 Å². The lowest BCUT2D eigenvalue weighted by Crippen LogP contribution is -2.39. The molecule has 0 spiro atoms. The number of allylic oxidation sites excluding steroid dienone is 4. The van der Waals surface area contributed by atoms with E-state index < -0.39 is 0 Å². The van der Waals surface area contributed by atoms with Crippen molar-refractivity contribution in [1.29, 1.82) is 0 Å². The van der Waals surface area contributed by atoms with Crippen LogP contribution >= 0.6 is 0 Å². The zero-order valence-electron chi connectivity index (χ0n) is 8.61. The maximum atomic E-state index is 9.90. The van der Waals surface area contributed by atoms with Crippen LogP contribution in [0.5, 0.6) is 0 Å². The summed E-state index contributed by atoms with van der Waals surface area (Å²) in [5.74, 6) is 0. The van der Waals surface area contributed by atoms with E-state index >= 15 is 0 Å². The van der Waals surface area contributed by atoms with Crippen LogP contribution in [0.2, 0.25) is 0 Å². The van der Waals surface area contributed by atoms with E-state index in [0.717, 1.165) is 25.0 Å². The highest BCUT2D eigenvalue weighted by molar-refractivity contribution is 5.47. The fourth-order valence-corrected chi connectivity index (χ4v) is 2.51. The number of aliphatic hydroxyl groups is 1. The summed E-state index contributed by atoms with van der Waals surface area (Å²) in [5, 5.41) is 13.3. The topological polar surface area (TPSA) is 32.3 Å². The predicted molar refractivity (Wildman–Crippen MR) is 60.2 cm³/mol. The molecular weight excluding hydrogens is 186 g/mol. The zero-order chi connectivity index (χ0) is 10.3. The normalized spacial score (nSPS) is 33.0. The van der Waals surface area contributed by atoms with Crippen molar-refractivity contribution in [3.05, 3.63) is 47.2 Å². The number of dihydropyridines is 1. The molecule has 2 aliphatic carbocycles. The quantitative estimate of drug-likeness (QED) is 0.626. The summed E-state index contributed by atoms with van der Waals surface area (Å²) in [5.41, 5.74) is 3.65. The van der Waals surface area contributed by atoms with Crippen LogP contribution in [-0.2, 0) is 0 Å². The number of aliphatic hydroxyl groups excluding tert-OH is 1. The molecule has 78 valence electrons. The Kier molecular flexibility index (Phi) is 2.03. The van der Waals surface area contributed by atoms with Gasteiger partial charge < -0.3 is 10.4 Å². The second-order valence-corrected chi connectivity index (χ2v) is 4.36. The SMILES string of the molecule is OC1CCCC2=C1NC1C=CC=CC1=C2. The molecule has 0 amide bonds. The van der Waals surface area contributed by atoms with Gasteiger partial charge in [0.05, 0.1) is 12.1 Å². The summed E-state index contributed by atoms with van der Waals surface area (Å²) in [6.07, 6.45) is 13.4. The van der Waals surface area contributed by atoms with E-state index in [-0.39, 0.29) is 12.1 Å². The third-order valence-corrected chi connectivity index (χ3v) is 3.32. The van der Waals surface area contributed by atoms with E-state index in [0.29, 0.717) is 0 Å². The Morgan fingerprint density at radius 2 is 2.27 bits per heavy atom. The lowest BCUT2D eigenvalue weighted by Gasteiger charge is -2.33. The van der Waals surface area contributed by atoms with Crippen LogP contribution in [-0.4, -0.2) is 17.3 Å². The van der Waals surface area contributed by atoms with Crippen LogP contribution in [0.15, 0.2) is 47.2 Å². The van der Waals surface area contributed by atoms with Crippen LogP contribution in [0.1, 0.15) is 19.3 Å². The second-order valence-electron chi connectivity index (χ2n) is 4.36. The minimum absolute atomic E-state index is 0.265. The minimum atomic E-state index is -0.286. The molecule has 0 saturated heterocycles. The van der Waals surface area contributed by atoms with Crippen molar-refractivity contribution in [2.45, 2.75) is 31.4 Å². The number of hydrogen-bond acceptors (Lipinski definition) is 2. The van der Waals surface area contributed by atoms with E-state index in [2.05, 4.69) is 35.7 Å². The third-order valence-electron chi connectivity index (χ3n) is 3.32. The van der Waals surface area contributed by atoms with E-state index in [1.54, 1.807) is 0 Å². The van der Waals surface area contributed by atoms with Gasteiger partial charge in [-0.05, 0) is 30.4 Å². The second kappa shape index (κ2) is 3.38. The summed E-state index contributed by atoms with van der Waals surface area (Å²) >= 11 is 0. The van der Waals surface area contributed by atoms with Crippen molar-refractivity contribution in [2.75, 3.05) is 0 Å². The molecule has 0 fully saturated rings. The van der Waals surface area contributed by atoms with E-state index in [1.165, 1.54) is 11.1 Å². The first-order valence-electron chi connectivity index (χ1n) is 5.59. The van der Waals surface area contributed by atoms with Gasteiger partial charge in [0.1, 0.15) is 0 Å². The first kappa shape index (κ1) is 8.98. The van der Waals surface area contributed by atoms with E-state index in [4.69, 9.17) is 0 Å². The molecule has 2 N–H and O–H groups in total. The molecule has 0 aromatic heterocycles. The highest BCUT2D eigenvalue weighted by Gasteiger charge is 2.26. The Labute approximate surface area is 89.7 Å². The van der Waals surface area contributed by atoms with E-state index in [1.807, 2.05) is 0 Å². The average Bonchev–Trinajstić information content (AvgIpc) is 2.27. The number of hydrogen-bond donors (Lipinski definition) is 2. The molecule has 2 heteroatoms. The van der Waals surface area contributed by atoms with Crippen molar-refractivity contribution < 1.29 is 5.11 Å². The number of fused-ring (bicyclic) bond motifs is 1. The molecule has 0 aromatic rings. The van der Waals surface area contributed by atoms with Gasteiger partial charge in [0.2, 0.25) is 0 Å². The molecule has 1 aliphatic heterocycles. The van der Waals surface area contributed by atoms with Crippen molar-refractivity contribution in [3.63, 3.8) is 0 Å². The Hall–Kier alpha value is -1.28. The van der Waals surface area contributed by atoms with Crippen molar-refractivity contribution in [1.82, 2.24) is 5.32 Å². The largest absolute Gasteiger partial charge is 0.387 e. The fourth-order valence-electron chi connectivity index (χ4n) is 2.51. The van der Waals surface area contributed by atoms with Crippen LogP contribution < -0.4 is 5.32 Å². The summed E-state index contributed by atoms with van der Waals surface area (Å²) < 4.78 is 0. The van der Waals surface area contributed by atoms with Crippen molar-refractivity contribution >= 4 is 0 Å². The lowest BCUT2D eigenvalue weighted by atomic mass is 9.86. The molecule has 2 nitrogen and oxygen atoms in total. The Balaban J connectivity index is 2.00. The molecule has 3 aliphatic rings. The van der Waals surface area contributed by atoms with Crippen molar-refractivity contribution in [3.8, 4) is 0 Å². The maximum Gasteiger partial charge on any atom is 0.0937 e. The van der Waals surface area contributed by atoms with Crippen LogP contribution in [0.25, 0.3) is 0 Å². The Bertz CT molecular complexity index is 401. The monoisotopic (exact) mass is 201 g/mol. The average molecular weight is 201 g/mol. The van der Waals surface area contributed by atoms with Gasteiger partial charge in [-0.2, -0.15) is 0 Å². The molecule has 2 atom stereocenters. The van der Waals surface area contributed by atoms with Gasteiger partial charge in [0, 0.05) is 5.70 Å². The van der Waals surface area contributed by atoms with Crippen LogP contribution in [0, 0.1) is 0 Å².